The largest absolute Gasteiger partial charge is 0.344 e. The van der Waals surface area contributed by atoms with E-state index in [1.165, 1.54) is 4.31 Å². The van der Waals surface area contributed by atoms with E-state index in [1.54, 1.807) is 4.90 Å². The summed E-state index contributed by atoms with van der Waals surface area (Å²) in [5, 5.41) is 2.65. The van der Waals surface area contributed by atoms with Crippen molar-refractivity contribution in [2.24, 2.45) is 0 Å². The highest BCUT2D eigenvalue weighted by Gasteiger charge is 2.34. The van der Waals surface area contributed by atoms with Gasteiger partial charge in [0.25, 0.3) is 0 Å². The predicted molar refractivity (Wildman–Crippen MR) is 73.4 cm³/mol. The number of piperazine rings is 1. The zero-order valence-electron chi connectivity index (χ0n) is 11.7. The van der Waals surface area contributed by atoms with Crippen molar-refractivity contribution < 1.29 is 18.0 Å². The molecule has 2 amide bonds. The van der Waals surface area contributed by atoms with Gasteiger partial charge in [-0.15, -0.1) is 0 Å². The van der Waals surface area contributed by atoms with Gasteiger partial charge in [0.2, 0.25) is 21.8 Å². The lowest BCUT2D eigenvalue weighted by molar-refractivity contribution is -0.135. The van der Waals surface area contributed by atoms with Crippen LogP contribution in [0.4, 0.5) is 0 Å². The first-order valence-corrected chi connectivity index (χ1v) is 8.61. The lowest BCUT2D eigenvalue weighted by Crippen LogP contribution is -2.54. The van der Waals surface area contributed by atoms with E-state index in [0.717, 1.165) is 0 Å². The molecule has 20 heavy (non-hydrogen) atoms. The van der Waals surface area contributed by atoms with Crippen LogP contribution in [0.15, 0.2) is 0 Å². The quantitative estimate of drug-likeness (QED) is 0.733. The van der Waals surface area contributed by atoms with Gasteiger partial charge in [0.05, 0.1) is 5.75 Å². The number of hydrogen-bond donors (Lipinski definition) is 1. The Balaban J connectivity index is 1.88. The van der Waals surface area contributed by atoms with E-state index in [4.69, 9.17) is 0 Å². The summed E-state index contributed by atoms with van der Waals surface area (Å²) in [5.74, 6) is -0.0319. The Labute approximate surface area is 119 Å². The van der Waals surface area contributed by atoms with Crippen molar-refractivity contribution in [1.29, 1.82) is 0 Å². The van der Waals surface area contributed by atoms with E-state index in [0.29, 0.717) is 45.4 Å². The third-order valence-corrected chi connectivity index (χ3v) is 5.78. The fourth-order valence-electron chi connectivity index (χ4n) is 2.59. The molecule has 0 aromatic carbocycles. The number of sulfonamides is 1. The highest BCUT2D eigenvalue weighted by Crippen LogP contribution is 2.14. The van der Waals surface area contributed by atoms with E-state index >= 15 is 0 Å². The third kappa shape index (κ3) is 3.29. The molecule has 2 aliphatic heterocycles. The Kier molecular flexibility index (Phi) is 4.64. The second kappa shape index (κ2) is 6.09. The van der Waals surface area contributed by atoms with Gasteiger partial charge in [-0.3, -0.25) is 9.59 Å². The van der Waals surface area contributed by atoms with Gasteiger partial charge in [0.15, 0.2) is 0 Å². The van der Waals surface area contributed by atoms with E-state index in [-0.39, 0.29) is 17.6 Å². The predicted octanol–water partition coefficient (Wildman–Crippen LogP) is -0.851. The molecule has 1 N–H and O–H groups in total. The summed E-state index contributed by atoms with van der Waals surface area (Å²) in [5.41, 5.74) is 0. The van der Waals surface area contributed by atoms with Crippen LogP contribution >= 0.6 is 0 Å². The first kappa shape index (κ1) is 15.2. The van der Waals surface area contributed by atoms with Crippen LogP contribution in [0.5, 0.6) is 0 Å². The number of carbonyl (C=O) groups is 2. The number of amides is 2. The van der Waals surface area contributed by atoms with Crippen molar-refractivity contribution in [2.75, 3.05) is 31.9 Å². The summed E-state index contributed by atoms with van der Waals surface area (Å²) in [6.45, 7) is 3.31. The Bertz CT molecular complexity index is 483. The molecule has 2 fully saturated rings. The van der Waals surface area contributed by atoms with Gasteiger partial charge in [-0.1, -0.05) is 6.92 Å². The summed E-state index contributed by atoms with van der Waals surface area (Å²) >= 11 is 0. The molecule has 2 saturated heterocycles. The topological polar surface area (TPSA) is 86.8 Å². The van der Waals surface area contributed by atoms with Crippen LogP contribution in [0, 0.1) is 0 Å². The van der Waals surface area contributed by atoms with Crippen molar-refractivity contribution >= 4 is 21.8 Å². The van der Waals surface area contributed by atoms with Crippen LogP contribution in [-0.4, -0.2) is 67.4 Å². The minimum atomic E-state index is -3.18. The molecule has 0 aromatic heterocycles. The number of nitrogens with zero attached hydrogens (tertiary/aromatic N) is 2. The third-order valence-electron chi connectivity index (χ3n) is 3.70. The summed E-state index contributed by atoms with van der Waals surface area (Å²) < 4.78 is 25.3. The summed E-state index contributed by atoms with van der Waals surface area (Å²) in [6.07, 6.45) is 1.52. The van der Waals surface area contributed by atoms with E-state index in [2.05, 4.69) is 5.32 Å². The van der Waals surface area contributed by atoms with Crippen molar-refractivity contribution in [1.82, 2.24) is 14.5 Å². The van der Waals surface area contributed by atoms with E-state index < -0.39 is 16.1 Å². The zero-order valence-corrected chi connectivity index (χ0v) is 12.5. The Morgan fingerprint density at radius 3 is 2.45 bits per heavy atom. The molecular weight excluding hydrogens is 282 g/mol. The van der Waals surface area contributed by atoms with Crippen molar-refractivity contribution in [2.45, 2.75) is 32.2 Å². The first-order chi connectivity index (χ1) is 9.44. The Morgan fingerprint density at radius 1 is 1.30 bits per heavy atom. The molecule has 7 nitrogen and oxygen atoms in total. The number of carbonyl (C=O) groups excluding carboxylic acids is 2. The second-order valence-corrected chi connectivity index (χ2v) is 7.29. The van der Waals surface area contributed by atoms with Gasteiger partial charge in [-0.2, -0.15) is 4.31 Å². The van der Waals surface area contributed by atoms with Crippen LogP contribution in [0.2, 0.25) is 0 Å². The lowest BCUT2D eigenvalue weighted by atomic mass is 10.2. The van der Waals surface area contributed by atoms with Crippen molar-refractivity contribution in [3.05, 3.63) is 0 Å². The average Bonchev–Trinajstić information content (AvgIpc) is 2.85. The fraction of sp³-hybridized carbons (Fsp3) is 0.833. The molecule has 2 heterocycles. The van der Waals surface area contributed by atoms with Gasteiger partial charge in [-0.25, -0.2) is 8.42 Å². The molecule has 0 radical (unpaired) electrons. The maximum atomic E-state index is 12.2. The average molecular weight is 303 g/mol. The standard InChI is InChI=1S/C12H21N3O4S/c1-2-9-20(18,19)15-7-5-14(6-8-15)12(17)10-3-4-11(16)13-10/h10H,2-9H2,1H3,(H,13,16). The van der Waals surface area contributed by atoms with Gasteiger partial charge < -0.3 is 10.2 Å². The van der Waals surface area contributed by atoms with E-state index in [1.807, 2.05) is 6.92 Å². The molecule has 0 bridgehead atoms. The highest BCUT2D eigenvalue weighted by atomic mass is 32.2. The molecule has 2 aliphatic rings. The molecule has 114 valence electrons. The molecule has 1 atom stereocenters. The molecule has 2 rings (SSSR count). The number of rotatable bonds is 4. The molecular formula is C12H21N3O4S. The van der Waals surface area contributed by atoms with Gasteiger partial charge in [0.1, 0.15) is 6.04 Å². The van der Waals surface area contributed by atoms with Crippen LogP contribution < -0.4 is 5.32 Å². The fourth-order valence-corrected chi connectivity index (χ4v) is 4.09. The first-order valence-electron chi connectivity index (χ1n) is 7.00. The number of nitrogens with one attached hydrogen (secondary N) is 1. The minimum absolute atomic E-state index is 0.0903. The minimum Gasteiger partial charge on any atom is -0.344 e. The highest BCUT2D eigenvalue weighted by molar-refractivity contribution is 7.89. The Hall–Kier alpha value is -1.15. The van der Waals surface area contributed by atoms with E-state index in [9.17, 15) is 18.0 Å². The van der Waals surface area contributed by atoms with Crippen LogP contribution in [-0.2, 0) is 19.6 Å². The maximum absolute atomic E-state index is 12.2. The number of hydrogen-bond acceptors (Lipinski definition) is 4. The van der Waals surface area contributed by atoms with Crippen LogP contribution in [0.3, 0.4) is 0 Å². The van der Waals surface area contributed by atoms with Gasteiger partial charge in [-0.05, 0) is 12.8 Å². The maximum Gasteiger partial charge on any atom is 0.245 e. The molecule has 8 heteroatoms. The lowest BCUT2D eigenvalue weighted by Gasteiger charge is -2.35. The smallest absolute Gasteiger partial charge is 0.245 e. The zero-order chi connectivity index (χ0) is 14.8. The normalized spacial score (nSPS) is 24.8. The van der Waals surface area contributed by atoms with Gasteiger partial charge in [0, 0.05) is 32.6 Å². The summed E-state index contributed by atoms with van der Waals surface area (Å²) in [4.78, 5) is 24.9. The molecule has 0 saturated carbocycles. The summed E-state index contributed by atoms with van der Waals surface area (Å²) in [6, 6.07) is -0.429. The van der Waals surface area contributed by atoms with Crippen LogP contribution in [0.25, 0.3) is 0 Å². The monoisotopic (exact) mass is 303 g/mol. The SMILES string of the molecule is CCCS(=O)(=O)N1CCN(C(=O)C2CCC(=O)N2)CC1. The summed E-state index contributed by atoms with van der Waals surface area (Å²) in [7, 11) is -3.18. The molecule has 1 unspecified atom stereocenters. The van der Waals surface area contributed by atoms with Crippen molar-refractivity contribution in [3.8, 4) is 0 Å². The second-order valence-electron chi connectivity index (χ2n) is 5.20. The Morgan fingerprint density at radius 2 is 1.95 bits per heavy atom. The van der Waals surface area contributed by atoms with Crippen molar-refractivity contribution in [3.63, 3.8) is 0 Å². The molecule has 0 spiro atoms. The molecule has 0 aliphatic carbocycles. The molecule has 0 aromatic rings. The van der Waals surface area contributed by atoms with Crippen LogP contribution in [0.1, 0.15) is 26.2 Å². The van der Waals surface area contributed by atoms with Gasteiger partial charge >= 0.3 is 0 Å².